The molecule has 0 aromatic heterocycles. The zero-order valence-electron chi connectivity index (χ0n) is 20.8. The molecule has 194 valence electrons. The van der Waals surface area contributed by atoms with Crippen molar-refractivity contribution in [3.05, 3.63) is 94.0 Å². The second-order valence-electron chi connectivity index (χ2n) is 9.66. The molecule has 0 aliphatic carbocycles. The summed E-state index contributed by atoms with van der Waals surface area (Å²) in [6.07, 6.45) is 0.644. The van der Waals surface area contributed by atoms with Crippen molar-refractivity contribution in [3.8, 4) is 11.5 Å². The lowest BCUT2D eigenvalue weighted by atomic mass is 9.88. The van der Waals surface area contributed by atoms with Gasteiger partial charge in [0.25, 0.3) is 0 Å². The van der Waals surface area contributed by atoms with E-state index in [1.807, 2.05) is 73.7 Å². The fourth-order valence-electron chi connectivity index (χ4n) is 5.00. The lowest BCUT2D eigenvalue weighted by molar-refractivity contribution is -0.248. The largest absolute Gasteiger partial charge is 0.457 e. The van der Waals surface area contributed by atoms with Crippen LogP contribution in [0.1, 0.15) is 42.0 Å². The second-order valence-corrected chi connectivity index (χ2v) is 10.1. The summed E-state index contributed by atoms with van der Waals surface area (Å²) < 4.78 is 18.3. The molecule has 3 aromatic rings. The molecule has 2 bridgehead atoms. The predicted molar refractivity (Wildman–Crippen MR) is 140 cm³/mol. The van der Waals surface area contributed by atoms with E-state index in [0.717, 1.165) is 39.5 Å². The first-order valence-corrected chi connectivity index (χ1v) is 12.6. The normalized spacial score (nSPS) is 25.2. The minimum Gasteiger partial charge on any atom is -0.457 e. The Morgan fingerprint density at radius 3 is 2.43 bits per heavy atom. The molecule has 3 atom stereocenters. The summed E-state index contributed by atoms with van der Waals surface area (Å²) in [6.45, 7) is 1.92. The number of fused-ring (bicyclic) bond motifs is 2. The summed E-state index contributed by atoms with van der Waals surface area (Å²) in [5.74, 6) is 0.365. The molecule has 0 spiro atoms. The van der Waals surface area contributed by atoms with Crippen molar-refractivity contribution in [3.63, 3.8) is 0 Å². The number of oxime groups is 1. The topological polar surface area (TPSA) is 89.7 Å². The zero-order chi connectivity index (χ0) is 26.0. The second kappa shape index (κ2) is 10.4. The summed E-state index contributed by atoms with van der Waals surface area (Å²) in [7, 11) is 1.52. The lowest BCUT2D eigenvalue weighted by Crippen LogP contribution is -2.47. The molecule has 7 nitrogen and oxygen atoms in total. The minimum absolute atomic E-state index is 0.202. The smallest absolute Gasteiger partial charge is 0.198 e. The van der Waals surface area contributed by atoms with Crippen molar-refractivity contribution < 1.29 is 29.3 Å². The number of aliphatic hydroxyl groups is 2. The minimum atomic E-state index is -1.08. The van der Waals surface area contributed by atoms with E-state index >= 15 is 0 Å². The summed E-state index contributed by atoms with van der Waals surface area (Å²) >= 11 is 6.55. The van der Waals surface area contributed by atoms with Gasteiger partial charge in [0.1, 0.15) is 24.2 Å². The maximum atomic E-state index is 10.4. The number of halogens is 1. The maximum Gasteiger partial charge on any atom is 0.198 e. The van der Waals surface area contributed by atoms with E-state index in [2.05, 4.69) is 5.16 Å². The van der Waals surface area contributed by atoms with Crippen LogP contribution >= 0.6 is 11.6 Å². The Morgan fingerprint density at radius 2 is 1.76 bits per heavy atom. The third-order valence-electron chi connectivity index (χ3n) is 6.89. The molecule has 2 aliphatic heterocycles. The molecular weight excluding hydrogens is 494 g/mol. The van der Waals surface area contributed by atoms with Gasteiger partial charge in [-0.05, 0) is 78.6 Å². The van der Waals surface area contributed by atoms with Crippen LogP contribution in [0, 0.1) is 0 Å². The number of ether oxygens (including phenoxy) is 3. The van der Waals surface area contributed by atoms with E-state index in [4.69, 9.17) is 30.6 Å². The van der Waals surface area contributed by atoms with E-state index in [0.29, 0.717) is 24.3 Å². The van der Waals surface area contributed by atoms with Gasteiger partial charge in [-0.2, -0.15) is 0 Å². The van der Waals surface area contributed by atoms with Gasteiger partial charge < -0.3 is 29.3 Å². The Kier molecular flexibility index (Phi) is 7.25. The molecule has 8 heteroatoms. The Hall–Kier alpha value is -2.94. The van der Waals surface area contributed by atoms with Crippen LogP contribution in [0.15, 0.2) is 71.9 Å². The standard InChI is InChI=1S/C29H30ClNO6/c1-19(31-34-2)21-5-10-26(11-6-21)36-25-8-3-20(4-9-25)13-22-14-23(7-12-27(22)30)29-16-24(33)15-28(17-32,37-29)18-35-29/h3-12,14,24,32-33H,13,15-18H2,1-2H3/b31-19-/t24?,28-,29+/m0/s1. The van der Waals surface area contributed by atoms with Crippen LogP contribution < -0.4 is 4.74 Å². The molecule has 37 heavy (non-hydrogen) atoms. The first-order valence-electron chi connectivity index (χ1n) is 12.2. The number of aliphatic hydroxyl groups excluding tert-OH is 2. The summed E-state index contributed by atoms with van der Waals surface area (Å²) in [5.41, 5.74) is 3.65. The van der Waals surface area contributed by atoms with Crippen LogP contribution in [0.2, 0.25) is 5.02 Å². The first kappa shape index (κ1) is 25.7. The van der Waals surface area contributed by atoms with Crippen LogP contribution in [-0.4, -0.2) is 48.0 Å². The molecule has 3 aromatic carbocycles. The highest BCUT2D eigenvalue weighted by molar-refractivity contribution is 6.31. The van der Waals surface area contributed by atoms with E-state index in [1.165, 1.54) is 7.11 Å². The average molecular weight is 524 g/mol. The molecule has 1 unspecified atom stereocenters. The number of hydrogen-bond donors (Lipinski definition) is 2. The highest BCUT2D eigenvalue weighted by atomic mass is 35.5. The Balaban J connectivity index is 1.29. The monoisotopic (exact) mass is 523 g/mol. The van der Waals surface area contributed by atoms with Gasteiger partial charge in [-0.15, -0.1) is 0 Å². The van der Waals surface area contributed by atoms with E-state index in [-0.39, 0.29) is 13.2 Å². The molecule has 2 heterocycles. The van der Waals surface area contributed by atoms with Gasteiger partial charge in [0.05, 0.1) is 25.0 Å². The Bertz CT molecular complexity index is 1280. The number of benzene rings is 3. The van der Waals surface area contributed by atoms with Crippen LogP contribution in [0.5, 0.6) is 11.5 Å². The molecule has 0 amide bonds. The molecular formula is C29H30ClNO6. The third-order valence-corrected chi connectivity index (χ3v) is 7.26. The molecule has 5 rings (SSSR count). The lowest BCUT2D eigenvalue weighted by Gasteiger charge is -2.39. The van der Waals surface area contributed by atoms with Crippen LogP contribution in [0.4, 0.5) is 0 Å². The fraction of sp³-hybridized carbons (Fsp3) is 0.345. The Morgan fingerprint density at radius 1 is 1.05 bits per heavy atom. The number of rotatable bonds is 8. The maximum absolute atomic E-state index is 10.4. The van der Waals surface area contributed by atoms with Crippen LogP contribution in [0.3, 0.4) is 0 Å². The van der Waals surface area contributed by atoms with E-state index in [1.54, 1.807) is 0 Å². The Labute approximate surface area is 221 Å². The van der Waals surface area contributed by atoms with Crippen molar-refractivity contribution in [2.24, 2.45) is 5.16 Å². The highest BCUT2D eigenvalue weighted by Crippen LogP contribution is 2.49. The number of nitrogens with zero attached hydrogens (tertiary/aromatic N) is 1. The molecule has 0 saturated carbocycles. The van der Waals surface area contributed by atoms with Gasteiger partial charge in [0, 0.05) is 23.4 Å². The van der Waals surface area contributed by atoms with Gasteiger partial charge in [-0.1, -0.05) is 35.0 Å². The first-order chi connectivity index (χ1) is 17.8. The molecule has 0 radical (unpaired) electrons. The fourth-order valence-corrected chi connectivity index (χ4v) is 5.19. The SMILES string of the molecule is CO/N=C(/C)c1ccc(Oc2ccc(Cc3cc([C@]45CC(O)C[C@](CO)(CO4)O5)ccc3Cl)cc2)cc1. The van der Waals surface area contributed by atoms with Gasteiger partial charge >= 0.3 is 0 Å². The summed E-state index contributed by atoms with van der Waals surface area (Å²) in [5, 5.41) is 24.9. The molecule has 2 aliphatic rings. The van der Waals surface area contributed by atoms with Crippen molar-refractivity contribution >= 4 is 17.3 Å². The van der Waals surface area contributed by atoms with Crippen LogP contribution in [-0.2, 0) is 26.5 Å². The quantitative estimate of drug-likeness (QED) is 0.312. The molecule has 2 N–H and O–H groups in total. The van der Waals surface area contributed by atoms with Crippen molar-refractivity contribution in [1.82, 2.24) is 0 Å². The summed E-state index contributed by atoms with van der Waals surface area (Å²) in [4.78, 5) is 4.82. The predicted octanol–water partition coefficient (Wildman–Crippen LogP) is 5.18. The summed E-state index contributed by atoms with van der Waals surface area (Å²) in [6, 6.07) is 21.2. The van der Waals surface area contributed by atoms with Gasteiger partial charge in [0.15, 0.2) is 5.79 Å². The van der Waals surface area contributed by atoms with Gasteiger partial charge in [-0.25, -0.2) is 0 Å². The van der Waals surface area contributed by atoms with Crippen LogP contribution in [0.25, 0.3) is 0 Å². The van der Waals surface area contributed by atoms with Crippen molar-refractivity contribution in [1.29, 1.82) is 0 Å². The van der Waals surface area contributed by atoms with Crippen molar-refractivity contribution in [2.45, 2.75) is 43.7 Å². The van der Waals surface area contributed by atoms with Gasteiger partial charge in [-0.3, -0.25) is 0 Å². The average Bonchev–Trinajstić information content (AvgIpc) is 3.19. The highest BCUT2D eigenvalue weighted by Gasteiger charge is 2.57. The van der Waals surface area contributed by atoms with E-state index < -0.39 is 17.5 Å². The third kappa shape index (κ3) is 5.37. The van der Waals surface area contributed by atoms with Gasteiger partial charge in [0.2, 0.25) is 0 Å². The molecule has 2 saturated heterocycles. The number of hydrogen-bond acceptors (Lipinski definition) is 7. The van der Waals surface area contributed by atoms with E-state index in [9.17, 15) is 10.2 Å². The van der Waals surface area contributed by atoms with Crippen molar-refractivity contribution in [2.75, 3.05) is 20.3 Å². The zero-order valence-corrected chi connectivity index (χ0v) is 21.6. The molecule has 2 fully saturated rings.